The molecule has 9 aromatic carbocycles. The van der Waals surface area contributed by atoms with Crippen molar-refractivity contribution in [2.45, 2.75) is 0 Å². The highest BCUT2D eigenvalue weighted by Gasteiger charge is 2.20. The van der Waals surface area contributed by atoms with Crippen molar-refractivity contribution in [1.29, 1.82) is 21.0 Å². The Kier molecular flexibility index (Phi) is 9.90. The SMILES string of the molecule is N#Cc1ccc(-c2ccc3c(c2)c2ccccc2n3-c2cc(-c3cc(-c4ccccc4)nc(-c4ccccc4)c3)cc(-n3c4ccccc4c4cc(-c5ccc(C#N)cc5C#N)ccc43)c2)c(C#N)c1. The first-order valence-corrected chi connectivity index (χ1v) is 22.7. The zero-order valence-electron chi connectivity index (χ0n) is 37.3. The second-order valence-electron chi connectivity index (χ2n) is 17.2. The number of aromatic nitrogens is 3. The molecule has 0 aliphatic heterocycles. The molecule has 7 heteroatoms. The van der Waals surface area contributed by atoms with E-state index in [2.05, 4.69) is 173 Å². The minimum atomic E-state index is 0.442. The standard InChI is InChI=1S/C63H35N7/c64-36-40-19-23-52(48(27-40)38-66)44-21-25-62-56(31-44)54-15-7-9-17-60(54)69(62)50-29-46(47-33-58(42-11-3-1-4-12-42)68-59(34-47)43-13-5-2-6-14-43)30-51(35-50)70-61-18-10-8-16-55(61)57-32-45(22-26-63(57)70)53-24-20-41(37-65)28-49(53)39-67/h1-35H. The molecule has 70 heavy (non-hydrogen) atoms. The van der Waals surface area contributed by atoms with E-state index in [1.807, 2.05) is 48.5 Å². The van der Waals surface area contributed by atoms with E-state index >= 15 is 0 Å². The van der Waals surface area contributed by atoms with Gasteiger partial charge in [0.25, 0.3) is 0 Å². The Hall–Kier alpha value is -10.3. The van der Waals surface area contributed by atoms with E-state index in [0.29, 0.717) is 22.3 Å². The molecule has 0 fully saturated rings. The summed E-state index contributed by atoms with van der Waals surface area (Å²) < 4.78 is 4.65. The largest absolute Gasteiger partial charge is 0.309 e. The first kappa shape index (κ1) is 41.1. The molecule has 0 bridgehead atoms. The van der Waals surface area contributed by atoms with Crippen LogP contribution in [0.3, 0.4) is 0 Å². The minimum absolute atomic E-state index is 0.442. The molecule has 0 atom stereocenters. The predicted octanol–water partition coefficient (Wildman–Crippen LogP) is 15.1. The highest BCUT2D eigenvalue weighted by atomic mass is 15.0. The lowest BCUT2D eigenvalue weighted by Crippen LogP contribution is -2.00. The van der Waals surface area contributed by atoms with Gasteiger partial charge in [-0.05, 0) is 124 Å². The van der Waals surface area contributed by atoms with Crippen molar-refractivity contribution < 1.29 is 0 Å². The third kappa shape index (κ3) is 6.92. The Morgan fingerprint density at radius 3 is 1.16 bits per heavy atom. The maximum atomic E-state index is 10.2. The zero-order chi connectivity index (χ0) is 47.3. The molecule has 12 aromatic rings. The molecule has 3 aromatic heterocycles. The summed E-state index contributed by atoms with van der Waals surface area (Å²) in [5.41, 5.74) is 16.7. The topological polar surface area (TPSA) is 118 Å². The van der Waals surface area contributed by atoms with E-state index in [4.69, 9.17) is 4.98 Å². The smallest absolute Gasteiger partial charge is 0.0998 e. The Balaban J connectivity index is 1.14. The van der Waals surface area contributed by atoms with E-state index in [1.54, 1.807) is 24.3 Å². The van der Waals surface area contributed by atoms with Crippen molar-refractivity contribution in [2.75, 3.05) is 0 Å². The Morgan fingerprint density at radius 1 is 0.300 bits per heavy atom. The van der Waals surface area contributed by atoms with Gasteiger partial charge in [-0.3, -0.25) is 0 Å². The van der Waals surface area contributed by atoms with Crippen LogP contribution in [0.15, 0.2) is 212 Å². The van der Waals surface area contributed by atoms with E-state index in [0.717, 1.165) is 111 Å². The molecule has 0 saturated heterocycles. The lowest BCUT2D eigenvalue weighted by atomic mass is 9.97. The molecule has 0 saturated carbocycles. The second-order valence-corrected chi connectivity index (χ2v) is 17.2. The van der Waals surface area contributed by atoms with Gasteiger partial charge in [-0.25, -0.2) is 4.98 Å². The van der Waals surface area contributed by atoms with Gasteiger partial charge in [0.05, 0.1) is 80.0 Å². The number of pyridine rings is 1. The fourth-order valence-electron chi connectivity index (χ4n) is 9.98. The zero-order valence-corrected chi connectivity index (χ0v) is 37.3. The second kappa shape index (κ2) is 16.8. The first-order chi connectivity index (χ1) is 34.5. The van der Waals surface area contributed by atoms with E-state index in [-0.39, 0.29) is 0 Å². The van der Waals surface area contributed by atoms with Crippen LogP contribution in [0.1, 0.15) is 22.3 Å². The summed E-state index contributed by atoms with van der Waals surface area (Å²) >= 11 is 0. The number of nitrogens with zero attached hydrogens (tertiary/aromatic N) is 7. The van der Waals surface area contributed by atoms with Crippen molar-refractivity contribution in [3.05, 3.63) is 235 Å². The van der Waals surface area contributed by atoms with E-state index in [1.165, 1.54) is 0 Å². The number of nitriles is 4. The summed E-state index contributed by atoms with van der Waals surface area (Å²) in [5, 5.41) is 43.7. The number of rotatable bonds is 7. The monoisotopic (exact) mass is 889 g/mol. The van der Waals surface area contributed by atoms with Crippen LogP contribution in [0.2, 0.25) is 0 Å². The molecule has 0 N–H and O–H groups in total. The normalized spacial score (nSPS) is 11.1. The molecule has 322 valence electrons. The first-order valence-electron chi connectivity index (χ1n) is 22.7. The van der Waals surface area contributed by atoms with Crippen molar-refractivity contribution in [1.82, 2.24) is 14.1 Å². The summed E-state index contributed by atoms with van der Waals surface area (Å²) in [7, 11) is 0. The summed E-state index contributed by atoms with van der Waals surface area (Å²) in [6.07, 6.45) is 0. The van der Waals surface area contributed by atoms with Crippen LogP contribution in [0.4, 0.5) is 0 Å². The maximum absolute atomic E-state index is 10.2. The van der Waals surface area contributed by atoms with Crippen LogP contribution in [-0.4, -0.2) is 14.1 Å². The molecule has 12 rings (SSSR count). The Morgan fingerprint density at radius 2 is 0.714 bits per heavy atom. The fraction of sp³-hybridized carbons (Fsp3) is 0. The molecule has 3 heterocycles. The minimum Gasteiger partial charge on any atom is -0.309 e. The van der Waals surface area contributed by atoms with Gasteiger partial charge in [0.15, 0.2) is 0 Å². The molecular formula is C63H35N7. The van der Waals surface area contributed by atoms with E-state index < -0.39 is 0 Å². The highest BCUT2D eigenvalue weighted by Crippen LogP contribution is 2.41. The van der Waals surface area contributed by atoms with Crippen molar-refractivity contribution >= 4 is 43.6 Å². The third-order valence-corrected chi connectivity index (χ3v) is 13.2. The van der Waals surface area contributed by atoms with Gasteiger partial charge in [-0.2, -0.15) is 21.0 Å². The fourth-order valence-corrected chi connectivity index (χ4v) is 9.98. The molecule has 0 unspecified atom stereocenters. The van der Waals surface area contributed by atoms with Crippen LogP contribution < -0.4 is 0 Å². The molecule has 0 aliphatic carbocycles. The summed E-state index contributed by atoms with van der Waals surface area (Å²) in [6.45, 7) is 0. The molecular weight excluding hydrogens is 855 g/mol. The molecule has 7 nitrogen and oxygen atoms in total. The van der Waals surface area contributed by atoms with Crippen LogP contribution in [0.5, 0.6) is 0 Å². The van der Waals surface area contributed by atoms with Gasteiger partial charge in [0, 0.05) is 44.0 Å². The molecule has 0 aliphatic rings. The van der Waals surface area contributed by atoms with Gasteiger partial charge in [0.1, 0.15) is 0 Å². The van der Waals surface area contributed by atoms with Crippen LogP contribution >= 0.6 is 0 Å². The highest BCUT2D eigenvalue weighted by molar-refractivity contribution is 6.12. The lowest BCUT2D eigenvalue weighted by Gasteiger charge is -2.17. The number of hydrogen-bond acceptors (Lipinski definition) is 5. The summed E-state index contributed by atoms with van der Waals surface area (Å²) in [5.74, 6) is 0. The predicted molar refractivity (Wildman–Crippen MR) is 279 cm³/mol. The molecule has 0 spiro atoms. The van der Waals surface area contributed by atoms with Gasteiger partial charge in [0.2, 0.25) is 0 Å². The number of para-hydroxylation sites is 2. The number of hydrogen-bond donors (Lipinski definition) is 0. The van der Waals surface area contributed by atoms with E-state index in [9.17, 15) is 21.0 Å². The molecule has 0 amide bonds. The van der Waals surface area contributed by atoms with Gasteiger partial charge in [-0.1, -0.05) is 121 Å². The Bertz CT molecular complexity index is 4010. The average molecular weight is 890 g/mol. The molecule has 0 radical (unpaired) electrons. The van der Waals surface area contributed by atoms with Crippen LogP contribution in [0.25, 0.3) is 111 Å². The number of benzene rings is 9. The van der Waals surface area contributed by atoms with Gasteiger partial charge in [-0.15, -0.1) is 0 Å². The summed E-state index contributed by atoms with van der Waals surface area (Å²) in [4.78, 5) is 5.24. The average Bonchev–Trinajstić information content (AvgIpc) is 3.95. The van der Waals surface area contributed by atoms with Crippen molar-refractivity contribution in [2.24, 2.45) is 0 Å². The summed E-state index contributed by atoms with van der Waals surface area (Å²) in [6, 6.07) is 80.7. The van der Waals surface area contributed by atoms with Gasteiger partial charge >= 0.3 is 0 Å². The number of fused-ring (bicyclic) bond motifs is 6. The van der Waals surface area contributed by atoms with Crippen molar-refractivity contribution in [3.8, 4) is 91.5 Å². The quantitative estimate of drug-likeness (QED) is 0.158. The van der Waals surface area contributed by atoms with Gasteiger partial charge < -0.3 is 9.13 Å². The van der Waals surface area contributed by atoms with Crippen molar-refractivity contribution in [3.63, 3.8) is 0 Å². The lowest BCUT2D eigenvalue weighted by molar-refractivity contribution is 1.13. The maximum Gasteiger partial charge on any atom is 0.0998 e. The van der Waals surface area contributed by atoms with Crippen LogP contribution in [-0.2, 0) is 0 Å². The third-order valence-electron chi connectivity index (χ3n) is 13.2. The Labute approximate surface area is 403 Å². The van der Waals surface area contributed by atoms with Crippen LogP contribution in [0, 0.1) is 45.3 Å².